The van der Waals surface area contributed by atoms with Gasteiger partial charge >= 0.3 is 0 Å². The minimum absolute atomic E-state index is 0.262. The maximum absolute atomic E-state index is 11.5. The molecule has 1 aromatic carbocycles. The minimum Gasteiger partial charge on any atom is -0.368 e. The standard InChI is InChI=1S/C14H22N2O/c1-11(2)16(14(3,4)13(15)17)10-12-8-6-5-7-9-12/h5-9,11H,10H2,1-4H3,(H2,15,17). The molecule has 0 spiro atoms. The van der Waals surface area contributed by atoms with Crippen LogP contribution in [0, 0.1) is 0 Å². The summed E-state index contributed by atoms with van der Waals surface area (Å²) in [5.74, 6) is -0.290. The molecule has 1 aromatic rings. The molecule has 0 aliphatic carbocycles. The average Bonchev–Trinajstić information content (AvgIpc) is 2.26. The summed E-state index contributed by atoms with van der Waals surface area (Å²) in [5.41, 5.74) is 6.04. The molecule has 17 heavy (non-hydrogen) atoms. The Bertz CT molecular complexity index is 371. The van der Waals surface area contributed by atoms with E-state index in [1.54, 1.807) is 0 Å². The van der Waals surface area contributed by atoms with Gasteiger partial charge in [0.2, 0.25) is 5.91 Å². The Balaban J connectivity index is 2.92. The molecule has 0 saturated heterocycles. The van der Waals surface area contributed by atoms with Crippen LogP contribution >= 0.6 is 0 Å². The number of nitrogens with two attached hydrogens (primary N) is 1. The second-order valence-electron chi connectivity index (χ2n) is 5.13. The molecule has 2 N–H and O–H groups in total. The fourth-order valence-electron chi connectivity index (χ4n) is 1.95. The number of benzene rings is 1. The van der Waals surface area contributed by atoms with Gasteiger partial charge < -0.3 is 5.73 Å². The molecule has 0 saturated carbocycles. The van der Waals surface area contributed by atoms with E-state index in [0.717, 1.165) is 6.54 Å². The first-order valence-corrected chi connectivity index (χ1v) is 5.96. The second-order valence-corrected chi connectivity index (χ2v) is 5.13. The van der Waals surface area contributed by atoms with Gasteiger partial charge in [-0.15, -0.1) is 0 Å². The van der Waals surface area contributed by atoms with Crippen LogP contribution in [-0.4, -0.2) is 22.4 Å². The molecule has 0 bridgehead atoms. The molecule has 3 heteroatoms. The summed E-state index contributed by atoms with van der Waals surface area (Å²) >= 11 is 0. The lowest BCUT2D eigenvalue weighted by molar-refractivity contribution is -0.130. The summed E-state index contributed by atoms with van der Waals surface area (Å²) in [5, 5.41) is 0. The molecular weight excluding hydrogens is 212 g/mol. The van der Waals surface area contributed by atoms with Crippen LogP contribution in [-0.2, 0) is 11.3 Å². The zero-order valence-corrected chi connectivity index (χ0v) is 11.1. The highest BCUT2D eigenvalue weighted by Gasteiger charge is 2.34. The van der Waals surface area contributed by atoms with Crippen LogP contribution in [0.1, 0.15) is 33.3 Å². The Kier molecular flexibility index (Phi) is 4.29. The third-order valence-corrected chi connectivity index (χ3v) is 3.14. The van der Waals surface area contributed by atoms with Gasteiger partial charge in [0.15, 0.2) is 0 Å². The number of hydrogen-bond acceptors (Lipinski definition) is 2. The summed E-state index contributed by atoms with van der Waals surface area (Å²) in [4.78, 5) is 13.7. The van der Waals surface area contributed by atoms with Crippen LogP contribution in [0.3, 0.4) is 0 Å². The normalized spacial score (nSPS) is 12.1. The molecular formula is C14H22N2O. The molecule has 0 aromatic heterocycles. The van der Waals surface area contributed by atoms with Crippen molar-refractivity contribution in [3.8, 4) is 0 Å². The summed E-state index contributed by atoms with van der Waals surface area (Å²) in [7, 11) is 0. The predicted molar refractivity (Wildman–Crippen MR) is 70.4 cm³/mol. The lowest BCUT2D eigenvalue weighted by Crippen LogP contribution is -2.55. The monoisotopic (exact) mass is 234 g/mol. The van der Waals surface area contributed by atoms with Gasteiger partial charge in [-0.25, -0.2) is 0 Å². The van der Waals surface area contributed by atoms with E-state index in [1.807, 2.05) is 32.0 Å². The SMILES string of the molecule is CC(C)N(Cc1ccccc1)C(C)(C)C(N)=O. The Morgan fingerprint density at radius 2 is 1.82 bits per heavy atom. The van der Waals surface area contributed by atoms with Crippen molar-refractivity contribution in [3.63, 3.8) is 0 Å². The van der Waals surface area contributed by atoms with Crippen molar-refractivity contribution in [1.82, 2.24) is 4.90 Å². The van der Waals surface area contributed by atoms with Gasteiger partial charge in [-0.1, -0.05) is 30.3 Å². The van der Waals surface area contributed by atoms with Crippen molar-refractivity contribution in [3.05, 3.63) is 35.9 Å². The topological polar surface area (TPSA) is 46.3 Å². The Labute approximate surface area is 104 Å². The third kappa shape index (κ3) is 3.30. The maximum atomic E-state index is 11.5. The lowest BCUT2D eigenvalue weighted by Gasteiger charge is -2.39. The number of carbonyl (C=O) groups is 1. The van der Waals surface area contributed by atoms with E-state index >= 15 is 0 Å². The van der Waals surface area contributed by atoms with Crippen molar-refractivity contribution < 1.29 is 4.79 Å². The molecule has 0 atom stereocenters. The molecule has 0 aliphatic rings. The molecule has 0 heterocycles. The van der Waals surface area contributed by atoms with Crippen molar-refractivity contribution in [2.75, 3.05) is 0 Å². The van der Waals surface area contributed by atoms with E-state index in [0.29, 0.717) is 0 Å². The van der Waals surface area contributed by atoms with E-state index in [1.165, 1.54) is 5.56 Å². The quantitative estimate of drug-likeness (QED) is 0.848. The summed E-state index contributed by atoms with van der Waals surface area (Å²) < 4.78 is 0. The summed E-state index contributed by atoms with van der Waals surface area (Å²) in [6, 6.07) is 10.4. The average molecular weight is 234 g/mol. The molecule has 0 unspecified atom stereocenters. The summed E-state index contributed by atoms with van der Waals surface area (Å²) in [6.45, 7) is 8.63. The second kappa shape index (κ2) is 5.32. The van der Waals surface area contributed by atoms with E-state index in [4.69, 9.17) is 5.73 Å². The van der Waals surface area contributed by atoms with Crippen LogP contribution in [0.4, 0.5) is 0 Å². The number of hydrogen-bond donors (Lipinski definition) is 1. The van der Waals surface area contributed by atoms with Gasteiger partial charge in [0.05, 0.1) is 5.54 Å². The number of primary amides is 1. The van der Waals surface area contributed by atoms with Gasteiger partial charge in [-0.2, -0.15) is 0 Å². The largest absolute Gasteiger partial charge is 0.368 e. The maximum Gasteiger partial charge on any atom is 0.237 e. The van der Waals surface area contributed by atoms with Gasteiger partial charge in [0.25, 0.3) is 0 Å². The van der Waals surface area contributed by atoms with Crippen molar-refractivity contribution in [1.29, 1.82) is 0 Å². The number of carbonyl (C=O) groups excluding carboxylic acids is 1. The zero-order valence-electron chi connectivity index (χ0n) is 11.1. The third-order valence-electron chi connectivity index (χ3n) is 3.14. The Morgan fingerprint density at radius 3 is 2.24 bits per heavy atom. The van der Waals surface area contributed by atoms with Gasteiger partial charge in [0, 0.05) is 12.6 Å². The first-order valence-electron chi connectivity index (χ1n) is 5.96. The minimum atomic E-state index is -0.635. The van der Waals surface area contributed by atoms with Crippen molar-refractivity contribution >= 4 is 5.91 Å². The molecule has 1 rings (SSSR count). The fraction of sp³-hybridized carbons (Fsp3) is 0.500. The van der Waals surface area contributed by atoms with Crippen molar-refractivity contribution in [2.45, 2.75) is 45.8 Å². The Hall–Kier alpha value is -1.35. The number of amides is 1. The molecule has 0 radical (unpaired) electrons. The highest BCUT2D eigenvalue weighted by atomic mass is 16.1. The smallest absolute Gasteiger partial charge is 0.237 e. The van der Waals surface area contributed by atoms with Gasteiger partial charge in [0.1, 0.15) is 0 Å². The van der Waals surface area contributed by atoms with Gasteiger partial charge in [-0.3, -0.25) is 9.69 Å². The zero-order chi connectivity index (χ0) is 13.1. The number of rotatable bonds is 5. The molecule has 3 nitrogen and oxygen atoms in total. The van der Waals surface area contributed by atoms with Crippen LogP contribution in [0.2, 0.25) is 0 Å². The van der Waals surface area contributed by atoms with E-state index in [2.05, 4.69) is 30.9 Å². The lowest BCUT2D eigenvalue weighted by atomic mass is 9.98. The predicted octanol–water partition coefficient (Wildman–Crippen LogP) is 2.16. The first kappa shape index (κ1) is 13.7. The van der Waals surface area contributed by atoms with E-state index in [-0.39, 0.29) is 11.9 Å². The molecule has 1 amide bonds. The van der Waals surface area contributed by atoms with Crippen LogP contribution < -0.4 is 5.73 Å². The van der Waals surface area contributed by atoms with Gasteiger partial charge in [-0.05, 0) is 33.3 Å². The Morgan fingerprint density at radius 1 is 1.29 bits per heavy atom. The summed E-state index contributed by atoms with van der Waals surface area (Å²) in [6.07, 6.45) is 0. The molecule has 0 fully saturated rings. The van der Waals surface area contributed by atoms with E-state index < -0.39 is 5.54 Å². The highest BCUT2D eigenvalue weighted by Crippen LogP contribution is 2.20. The van der Waals surface area contributed by atoms with Crippen molar-refractivity contribution in [2.24, 2.45) is 5.73 Å². The first-order chi connectivity index (χ1) is 7.85. The molecule has 94 valence electrons. The molecule has 0 aliphatic heterocycles. The van der Waals surface area contributed by atoms with Crippen LogP contribution in [0.25, 0.3) is 0 Å². The number of nitrogens with zero attached hydrogens (tertiary/aromatic N) is 1. The van der Waals surface area contributed by atoms with Crippen LogP contribution in [0.5, 0.6) is 0 Å². The van der Waals surface area contributed by atoms with E-state index in [9.17, 15) is 4.79 Å². The fourth-order valence-corrected chi connectivity index (χ4v) is 1.95. The highest BCUT2D eigenvalue weighted by molar-refractivity contribution is 5.83. The van der Waals surface area contributed by atoms with Crippen LogP contribution in [0.15, 0.2) is 30.3 Å².